The Morgan fingerprint density at radius 2 is 2.03 bits per heavy atom. The lowest BCUT2D eigenvalue weighted by atomic mass is 10.1. The fourth-order valence-electron chi connectivity index (χ4n) is 3.09. The molecule has 1 heterocycles. The Kier molecular flexibility index (Phi) is 11.8. The zero-order chi connectivity index (χ0) is 21.2. The Morgan fingerprint density at radius 3 is 2.63 bits per heavy atom. The van der Waals surface area contributed by atoms with Gasteiger partial charge in [-0.15, -0.1) is 24.0 Å². The third kappa shape index (κ3) is 8.54. The molecular formula is C19H29F3IN5O2. The number of likely N-dealkylation sites (tertiary alicyclic amines) is 1. The van der Waals surface area contributed by atoms with Crippen LogP contribution in [0.25, 0.3) is 0 Å². The average molecular weight is 543 g/mol. The van der Waals surface area contributed by atoms with E-state index in [0.29, 0.717) is 19.0 Å². The van der Waals surface area contributed by atoms with Crippen molar-refractivity contribution in [1.29, 1.82) is 0 Å². The predicted octanol–water partition coefficient (Wildman–Crippen LogP) is 2.31. The summed E-state index contributed by atoms with van der Waals surface area (Å²) in [5.74, 6) is -0.408. The standard InChI is InChI=1S/C19H28F3N5O2.HI/c1-3-24-19(26-13-7-9-27(10-8-13)12-17(28)23-2)25-11-14-15(20)5-4-6-16(14)29-18(21)22;/h4-6,13,18H,3,7-12H2,1-2H3,(H,23,28)(H2,24,25,26);1H. The molecule has 0 bridgehead atoms. The highest BCUT2D eigenvalue weighted by Crippen LogP contribution is 2.24. The van der Waals surface area contributed by atoms with Crippen LogP contribution >= 0.6 is 24.0 Å². The van der Waals surface area contributed by atoms with E-state index in [9.17, 15) is 18.0 Å². The second-order valence-corrected chi connectivity index (χ2v) is 6.66. The molecule has 11 heteroatoms. The first-order chi connectivity index (χ1) is 13.9. The molecule has 1 fully saturated rings. The molecule has 1 aliphatic rings. The van der Waals surface area contributed by atoms with Crippen molar-refractivity contribution in [2.75, 3.05) is 33.2 Å². The number of nitrogens with zero attached hydrogens (tertiary/aromatic N) is 2. The van der Waals surface area contributed by atoms with E-state index in [0.717, 1.165) is 25.9 Å². The Labute approximate surface area is 191 Å². The SMILES string of the molecule is CCNC(=NCc1c(F)cccc1OC(F)F)NC1CCN(CC(=O)NC)CC1.I. The summed E-state index contributed by atoms with van der Waals surface area (Å²) < 4.78 is 43.6. The molecule has 7 nitrogen and oxygen atoms in total. The van der Waals surface area contributed by atoms with E-state index in [1.165, 1.54) is 18.2 Å². The summed E-state index contributed by atoms with van der Waals surface area (Å²) >= 11 is 0. The minimum atomic E-state index is -3.04. The summed E-state index contributed by atoms with van der Waals surface area (Å²) in [6.07, 6.45) is 1.64. The normalized spacial score (nSPS) is 15.5. The maximum atomic E-state index is 14.1. The van der Waals surface area contributed by atoms with Gasteiger partial charge in [0.1, 0.15) is 11.6 Å². The first-order valence-corrected chi connectivity index (χ1v) is 9.62. The van der Waals surface area contributed by atoms with Crippen LogP contribution in [0.4, 0.5) is 13.2 Å². The third-order valence-electron chi connectivity index (χ3n) is 4.61. The molecule has 1 amide bonds. The van der Waals surface area contributed by atoms with Crippen molar-refractivity contribution in [2.24, 2.45) is 4.99 Å². The van der Waals surface area contributed by atoms with Gasteiger partial charge in [0, 0.05) is 32.7 Å². The Balaban J connectivity index is 0.00000450. The van der Waals surface area contributed by atoms with Gasteiger partial charge in [-0.3, -0.25) is 9.69 Å². The van der Waals surface area contributed by atoms with Gasteiger partial charge >= 0.3 is 6.61 Å². The number of hydrogen-bond donors (Lipinski definition) is 3. The summed E-state index contributed by atoms with van der Waals surface area (Å²) in [5, 5.41) is 8.99. The van der Waals surface area contributed by atoms with Crippen LogP contribution in [0, 0.1) is 5.82 Å². The molecule has 1 aliphatic heterocycles. The summed E-state index contributed by atoms with van der Waals surface area (Å²) in [5.41, 5.74) is -0.0228. The lowest BCUT2D eigenvalue weighted by Crippen LogP contribution is -2.50. The quantitative estimate of drug-likeness (QED) is 0.267. The van der Waals surface area contributed by atoms with Crippen molar-refractivity contribution in [1.82, 2.24) is 20.9 Å². The number of piperidine rings is 1. The van der Waals surface area contributed by atoms with E-state index in [1.807, 2.05) is 6.92 Å². The van der Waals surface area contributed by atoms with Gasteiger partial charge in [-0.1, -0.05) is 6.07 Å². The summed E-state index contributed by atoms with van der Waals surface area (Å²) in [6, 6.07) is 3.94. The van der Waals surface area contributed by atoms with Crippen LogP contribution in [0.2, 0.25) is 0 Å². The molecule has 0 aliphatic carbocycles. The lowest BCUT2D eigenvalue weighted by Gasteiger charge is -2.32. The van der Waals surface area contributed by atoms with Gasteiger partial charge in [0.05, 0.1) is 18.7 Å². The number of hydrogen-bond acceptors (Lipinski definition) is 4. The van der Waals surface area contributed by atoms with Crippen LogP contribution in [0.1, 0.15) is 25.3 Å². The predicted molar refractivity (Wildman–Crippen MR) is 120 cm³/mol. The third-order valence-corrected chi connectivity index (χ3v) is 4.61. The number of carbonyl (C=O) groups excluding carboxylic acids is 1. The molecule has 30 heavy (non-hydrogen) atoms. The van der Waals surface area contributed by atoms with Crippen LogP contribution < -0.4 is 20.7 Å². The number of aliphatic imine (C=N–C) groups is 1. The van der Waals surface area contributed by atoms with Crippen molar-refractivity contribution in [3.8, 4) is 5.75 Å². The first-order valence-electron chi connectivity index (χ1n) is 9.62. The molecule has 1 aromatic rings. The van der Waals surface area contributed by atoms with E-state index in [2.05, 4.69) is 30.6 Å². The number of carbonyl (C=O) groups is 1. The number of guanidine groups is 1. The molecular weight excluding hydrogens is 514 g/mol. The Bertz CT molecular complexity index is 701. The summed E-state index contributed by atoms with van der Waals surface area (Å²) in [6.45, 7) is 1.23. The van der Waals surface area contributed by atoms with Crippen molar-refractivity contribution < 1.29 is 22.7 Å². The van der Waals surface area contributed by atoms with E-state index >= 15 is 0 Å². The van der Waals surface area contributed by atoms with Gasteiger partial charge in [0.25, 0.3) is 0 Å². The van der Waals surface area contributed by atoms with Crippen LogP contribution in [0.3, 0.4) is 0 Å². The zero-order valence-electron chi connectivity index (χ0n) is 17.1. The van der Waals surface area contributed by atoms with Gasteiger partial charge in [0.2, 0.25) is 5.91 Å². The van der Waals surface area contributed by atoms with Crippen LogP contribution in [0.15, 0.2) is 23.2 Å². The highest BCUT2D eigenvalue weighted by molar-refractivity contribution is 14.0. The number of amides is 1. The van der Waals surface area contributed by atoms with Gasteiger partial charge in [0.15, 0.2) is 5.96 Å². The maximum Gasteiger partial charge on any atom is 0.387 e. The molecule has 3 N–H and O–H groups in total. The second-order valence-electron chi connectivity index (χ2n) is 6.66. The van der Waals surface area contributed by atoms with Gasteiger partial charge in [-0.05, 0) is 31.9 Å². The average Bonchev–Trinajstić information content (AvgIpc) is 2.68. The second kappa shape index (κ2) is 13.5. The topological polar surface area (TPSA) is 78.0 Å². The van der Waals surface area contributed by atoms with Gasteiger partial charge < -0.3 is 20.7 Å². The number of rotatable bonds is 8. The maximum absolute atomic E-state index is 14.1. The fraction of sp³-hybridized carbons (Fsp3) is 0.579. The number of benzene rings is 1. The van der Waals surface area contributed by atoms with Gasteiger partial charge in [-0.2, -0.15) is 8.78 Å². The molecule has 0 saturated carbocycles. The van der Waals surface area contributed by atoms with Crippen LogP contribution in [-0.4, -0.2) is 62.6 Å². The number of halogens is 4. The molecule has 0 aromatic heterocycles. The zero-order valence-corrected chi connectivity index (χ0v) is 19.4. The van der Waals surface area contributed by atoms with Crippen LogP contribution in [-0.2, 0) is 11.3 Å². The molecule has 170 valence electrons. The van der Waals surface area contributed by atoms with Crippen molar-refractivity contribution in [3.05, 3.63) is 29.6 Å². The number of likely N-dealkylation sites (N-methyl/N-ethyl adjacent to an activating group) is 1. The Morgan fingerprint density at radius 1 is 1.33 bits per heavy atom. The Hall–Kier alpha value is -1.76. The molecule has 2 rings (SSSR count). The van der Waals surface area contributed by atoms with Crippen molar-refractivity contribution in [3.63, 3.8) is 0 Å². The van der Waals surface area contributed by atoms with E-state index in [1.54, 1.807) is 7.05 Å². The monoisotopic (exact) mass is 543 g/mol. The summed E-state index contributed by atoms with van der Waals surface area (Å²) in [4.78, 5) is 17.9. The molecule has 0 unspecified atom stereocenters. The van der Waals surface area contributed by atoms with E-state index in [4.69, 9.17) is 0 Å². The number of nitrogens with one attached hydrogen (secondary N) is 3. The van der Waals surface area contributed by atoms with Crippen molar-refractivity contribution in [2.45, 2.75) is 39.0 Å². The summed E-state index contributed by atoms with van der Waals surface area (Å²) in [7, 11) is 1.61. The highest BCUT2D eigenvalue weighted by atomic mass is 127. The van der Waals surface area contributed by atoms with E-state index < -0.39 is 12.4 Å². The van der Waals surface area contributed by atoms with Crippen LogP contribution in [0.5, 0.6) is 5.75 Å². The molecule has 1 aromatic carbocycles. The van der Waals surface area contributed by atoms with Gasteiger partial charge in [-0.25, -0.2) is 9.38 Å². The van der Waals surface area contributed by atoms with E-state index in [-0.39, 0.29) is 53.8 Å². The largest absolute Gasteiger partial charge is 0.434 e. The number of ether oxygens (including phenoxy) is 1. The van der Waals surface area contributed by atoms with Crippen molar-refractivity contribution >= 4 is 35.8 Å². The molecule has 1 saturated heterocycles. The molecule has 0 atom stereocenters. The molecule has 0 radical (unpaired) electrons. The first kappa shape index (κ1) is 26.3. The highest BCUT2D eigenvalue weighted by Gasteiger charge is 2.21. The fourth-order valence-corrected chi connectivity index (χ4v) is 3.09. The number of alkyl halides is 2. The minimum absolute atomic E-state index is 0. The minimum Gasteiger partial charge on any atom is -0.434 e. The lowest BCUT2D eigenvalue weighted by molar-refractivity contribution is -0.122. The smallest absolute Gasteiger partial charge is 0.387 e. The molecule has 0 spiro atoms.